The van der Waals surface area contributed by atoms with Crippen molar-refractivity contribution in [2.45, 2.75) is 33.6 Å². The lowest BCUT2D eigenvalue weighted by Gasteiger charge is -2.24. The van der Waals surface area contributed by atoms with Crippen LogP contribution in [0.2, 0.25) is 0 Å². The Morgan fingerprint density at radius 3 is 2.44 bits per heavy atom. The molecule has 1 aromatic rings. The fraction of sp³-hybridized carbons (Fsp3) is 0.533. The number of hydrogen-bond donors (Lipinski definition) is 0. The summed E-state index contributed by atoms with van der Waals surface area (Å²) in [6.45, 7) is 8.54. The van der Waals surface area contributed by atoms with Gasteiger partial charge in [-0.1, -0.05) is 18.2 Å². The number of carbonyl (C=O) groups is 1. The Hall–Kier alpha value is -1.51. The van der Waals surface area contributed by atoms with Crippen LogP contribution in [0.15, 0.2) is 24.3 Å². The summed E-state index contributed by atoms with van der Waals surface area (Å²) < 4.78 is 4.96. The van der Waals surface area contributed by atoms with Crippen LogP contribution < -0.4 is 4.90 Å². The van der Waals surface area contributed by atoms with E-state index in [2.05, 4.69) is 30.9 Å². The smallest absolute Gasteiger partial charge is 0.306 e. The number of hydrogen-bond acceptors (Lipinski definition) is 3. The second-order valence-corrected chi connectivity index (χ2v) is 4.11. The number of benzene rings is 1. The molecule has 0 bridgehead atoms. The number of rotatable bonds is 7. The van der Waals surface area contributed by atoms with E-state index in [-0.39, 0.29) is 5.97 Å². The van der Waals surface area contributed by atoms with Gasteiger partial charge in [0.2, 0.25) is 0 Å². The van der Waals surface area contributed by atoms with Gasteiger partial charge in [-0.15, -0.1) is 0 Å². The van der Waals surface area contributed by atoms with Gasteiger partial charge in [0.05, 0.1) is 6.61 Å². The molecule has 1 aromatic carbocycles. The van der Waals surface area contributed by atoms with Gasteiger partial charge in [0.15, 0.2) is 0 Å². The molecule has 1 rings (SSSR count). The molecule has 0 aliphatic carbocycles. The minimum Gasteiger partial charge on any atom is -0.466 e. The third-order valence-corrected chi connectivity index (χ3v) is 3.00. The predicted octanol–water partition coefficient (Wildman–Crippen LogP) is 3.03. The molecule has 0 amide bonds. The number of para-hydroxylation sites is 1. The lowest BCUT2D eigenvalue weighted by molar-refractivity contribution is -0.143. The Kier molecular flexibility index (Phi) is 6.26. The molecule has 3 nitrogen and oxygen atoms in total. The molecule has 0 atom stereocenters. The van der Waals surface area contributed by atoms with Gasteiger partial charge in [-0.2, -0.15) is 0 Å². The molecule has 0 saturated heterocycles. The van der Waals surface area contributed by atoms with Crippen molar-refractivity contribution < 1.29 is 9.53 Å². The molecule has 0 aromatic heterocycles. The number of ether oxygens (including phenoxy) is 1. The van der Waals surface area contributed by atoms with Gasteiger partial charge in [0, 0.05) is 25.2 Å². The molecule has 0 saturated carbocycles. The highest BCUT2D eigenvalue weighted by Crippen LogP contribution is 2.21. The van der Waals surface area contributed by atoms with Gasteiger partial charge in [-0.05, 0) is 38.8 Å². The number of anilines is 1. The molecule has 18 heavy (non-hydrogen) atoms. The lowest BCUT2D eigenvalue weighted by Crippen LogP contribution is -2.23. The third kappa shape index (κ3) is 4.06. The van der Waals surface area contributed by atoms with E-state index < -0.39 is 0 Å². The van der Waals surface area contributed by atoms with E-state index >= 15 is 0 Å². The van der Waals surface area contributed by atoms with Crippen molar-refractivity contribution in [3.8, 4) is 0 Å². The number of nitrogens with zero attached hydrogens (tertiary/aromatic N) is 1. The molecule has 0 unspecified atom stereocenters. The minimum absolute atomic E-state index is 0.119. The Morgan fingerprint density at radius 2 is 1.83 bits per heavy atom. The van der Waals surface area contributed by atoms with E-state index in [1.165, 1.54) is 11.3 Å². The molecule has 0 fully saturated rings. The standard InChI is InChI=1S/C15H23NO2/c1-4-16(5-2)14-10-8-7-9-13(14)11-12-15(17)18-6-3/h7-10H,4-6,11-12H2,1-3H3. The number of aryl methyl sites for hydroxylation is 1. The summed E-state index contributed by atoms with van der Waals surface area (Å²) in [6.07, 6.45) is 1.19. The normalized spacial score (nSPS) is 10.2. The molecule has 100 valence electrons. The number of esters is 1. The maximum Gasteiger partial charge on any atom is 0.306 e. The van der Waals surface area contributed by atoms with E-state index in [0.29, 0.717) is 13.0 Å². The van der Waals surface area contributed by atoms with Crippen molar-refractivity contribution in [3.05, 3.63) is 29.8 Å². The summed E-state index contributed by atoms with van der Waals surface area (Å²) in [6, 6.07) is 8.27. The Balaban J connectivity index is 2.73. The summed E-state index contributed by atoms with van der Waals surface area (Å²) in [5.41, 5.74) is 2.45. The van der Waals surface area contributed by atoms with Gasteiger partial charge >= 0.3 is 5.97 Å². The van der Waals surface area contributed by atoms with Crippen molar-refractivity contribution in [1.82, 2.24) is 0 Å². The van der Waals surface area contributed by atoms with Crippen LogP contribution in [-0.2, 0) is 16.0 Å². The predicted molar refractivity (Wildman–Crippen MR) is 75.0 cm³/mol. The zero-order valence-electron chi connectivity index (χ0n) is 11.6. The van der Waals surface area contributed by atoms with Crippen LogP contribution in [0, 0.1) is 0 Å². The largest absolute Gasteiger partial charge is 0.466 e. The van der Waals surface area contributed by atoms with Crippen molar-refractivity contribution in [2.75, 3.05) is 24.6 Å². The highest BCUT2D eigenvalue weighted by atomic mass is 16.5. The minimum atomic E-state index is -0.119. The van der Waals surface area contributed by atoms with Crippen molar-refractivity contribution in [1.29, 1.82) is 0 Å². The average molecular weight is 249 g/mol. The summed E-state index contributed by atoms with van der Waals surface area (Å²) in [5, 5.41) is 0. The highest BCUT2D eigenvalue weighted by Gasteiger charge is 2.09. The molecular weight excluding hydrogens is 226 g/mol. The molecule has 0 aliphatic heterocycles. The van der Waals surface area contributed by atoms with Crippen LogP contribution >= 0.6 is 0 Å². The quantitative estimate of drug-likeness (QED) is 0.696. The first-order valence-electron chi connectivity index (χ1n) is 6.71. The average Bonchev–Trinajstić information content (AvgIpc) is 2.39. The highest BCUT2D eigenvalue weighted by molar-refractivity contribution is 5.70. The van der Waals surface area contributed by atoms with Crippen LogP contribution in [0.1, 0.15) is 32.8 Å². The maximum atomic E-state index is 11.4. The van der Waals surface area contributed by atoms with E-state index in [1.54, 1.807) is 0 Å². The monoisotopic (exact) mass is 249 g/mol. The van der Waals surface area contributed by atoms with Gasteiger partial charge in [-0.25, -0.2) is 0 Å². The molecule has 0 N–H and O–H groups in total. The summed E-state index contributed by atoms with van der Waals surface area (Å²) in [7, 11) is 0. The molecule has 0 heterocycles. The van der Waals surface area contributed by atoms with Crippen LogP contribution in [0.3, 0.4) is 0 Å². The van der Waals surface area contributed by atoms with E-state index in [9.17, 15) is 4.79 Å². The zero-order chi connectivity index (χ0) is 13.4. The summed E-state index contributed by atoms with van der Waals surface area (Å²) in [4.78, 5) is 13.7. The summed E-state index contributed by atoms with van der Waals surface area (Å²) in [5.74, 6) is -0.119. The van der Waals surface area contributed by atoms with Gasteiger partial charge in [0.1, 0.15) is 0 Å². The van der Waals surface area contributed by atoms with Crippen LogP contribution in [0.5, 0.6) is 0 Å². The van der Waals surface area contributed by atoms with Crippen molar-refractivity contribution >= 4 is 11.7 Å². The molecule has 0 spiro atoms. The zero-order valence-corrected chi connectivity index (χ0v) is 11.6. The first kappa shape index (κ1) is 14.6. The van der Waals surface area contributed by atoms with Crippen LogP contribution in [0.25, 0.3) is 0 Å². The molecule has 0 radical (unpaired) electrons. The van der Waals surface area contributed by atoms with Crippen molar-refractivity contribution in [2.24, 2.45) is 0 Å². The van der Waals surface area contributed by atoms with Gasteiger partial charge in [0.25, 0.3) is 0 Å². The Labute approximate surface area is 110 Å². The third-order valence-electron chi connectivity index (χ3n) is 3.00. The lowest BCUT2D eigenvalue weighted by atomic mass is 10.1. The second-order valence-electron chi connectivity index (χ2n) is 4.11. The molecule has 0 aliphatic rings. The maximum absolute atomic E-state index is 11.4. The van der Waals surface area contributed by atoms with Crippen LogP contribution in [0.4, 0.5) is 5.69 Å². The molecular formula is C15H23NO2. The van der Waals surface area contributed by atoms with Crippen LogP contribution in [-0.4, -0.2) is 25.7 Å². The topological polar surface area (TPSA) is 29.5 Å². The molecule has 3 heteroatoms. The fourth-order valence-electron chi connectivity index (χ4n) is 2.06. The van der Waals surface area contributed by atoms with Crippen molar-refractivity contribution in [3.63, 3.8) is 0 Å². The Morgan fingerprint density at radius 1 is 1.17 bits per heavy atom. The first-order chi connectivity index (χ1) is 8.72. The Bertz CT molecular complexity index is 373. The fourth-order valence-corrected chi connectivity index (χ4v) is 2.06. The van der Waals surface area contributed by atoms with E-state index in [0.717, 1.165) is 19.5 Å². The summed E-state index contributed by atoms with van der Waals surface area (Å²) >= 11 is 0. The van der Waals surface area contributed by atoms with E-state index in [1.807, 2.05) is 19.1 Å². The van der Waals surface area contributed by atoms with E-state index in [4.69, 9.17) is 4.74 Å². The number of carbonyl (C=O) groups excluding carboxylic acids is 1. The van der Waals surface area contributed by atoms with Gasteiger partial charge < -0.3 is 9.64 Å². The first-order valence-corrected chi connectivity index (χ1v) is 6.71. The SMILES string of the molecule is CCOC(=O)CCc1ccccc1N(CC)CC. The van der Waals surface area contributed by atoms with Gasteiger partial charge in [-0.3, -0.25) is 4.79 Å². The second kappa shape index (κ2) is 7.75.